The van der Waals surface area contributed by atoms with Gasteiger partial charge in [-0.3, -0.25) is 14.4 Å². The first kappa shape index (κ1) is 9.01. The van der Waals surface area contributed by atoms with E-state index in [0.717, 1.165) is 0 Å². The van der Waals surface area contributed by atoms with E-state index in [0.29, 0.717) is 6.42 Å². The zero-order valence-corrected chi connectivity index (χ0v) is 5.55. The second kappa shape index (κ2) is 6.13. The average Bonchev–Trinajstić information content (AvgIpc) is 1.89. The van der Waals surface area contributed by atoms with Gasteiger partial charge in [0.15, 0.2) is 6.29 Å². The minimum atomic E-state index is -0.162. The molecule has 3 heteroatoms. The van der Waals surface area contributed by atoms with Gasteiger partial charge in [-0.2, -0.15) is 0 Å². The van der Waals surface area contributed by atoms with Crippen LogP contribution in [-0.4, -0.2) is 18.4 Å². The first-order valence-corrected chi connectivity index (χ1v) is 3.03. The quantitative estimate of drug-likeness (QED) is 0.394. The number of hydrogen-bond acceptors (Lipinski definition) is 3. The summed E-state index contributed by atoms with van der Waals surface area (Å²) in [6.45, 7) is 0. The van der Waals surface area contributed by atoms with Crippen molar-refractivity contribution in [1.82, 2.24) is 0 Å². The van der Waals surface area contributed by atoms with Gasteiger partial charge in [0, 0.05) is 12.8 Å². The summed E-state index contributed by atoms with van der Waals surface area (Å²) in [4.78, 5) is 29.8. The molecule has 0 heterocycles. The molecule has 0 aliphatic carbocycles. The van der Waals surface area contributed by atoms with E-state index < -0.39 is 0 Å². The van der Waals surface area contributed by atoms with Gasteiger partial charge in [0.25, 0.3) is 0 Å². The largest absolute Gasteiger partial charge is 0.299 e. The Labute approximate surface area is 59.4 Å². The van der Waals surface area contributed by atoms with Gasteiger partial charge in [0.2, 0.25) is 6.29 Å². The van der Waals surface area contributed by atoms with Gasteiger partial charge in [-0.15, -0.1) is 0 Å². The molecular formula is C7H8O3. The molecule has 0 unspecified atom stereocenters. The molecule has 0 aromatic rings. The Bertz CT molecular complexity index is 129. The lowest BCUT2D eigenvalue weighted by molar-refractivity contribution is -0.117. The molecule has 0 amide bonds. The second-order valence-electron chi connectivity index (χ2n) is 1.86. The van der Waals surface area contributed by atoms with E-state index >= 15 is 0 Å². The molecule has 54 valence electrons. The van der Waals surface area contributed by atoms with Crippen molar-refractivity contribution in [3.05, 3.63) is 0 Å². The van der Waals surface area contributed by atoms with E-state index in [9.17, 15) is 14.4 Å². The Morgan fingerprint density at radius 2 is 1.90 bits per heavy atom. The van der Waals surface area contributed by atoms with E-state index in [1.54, 1.807) is 6.29 Å². The van der Waals surface area contributed by atoms with E-state index in [1.165, 1.54) is 6.29 Å². The molecule has 0 saturated heterocycles. The predicted molar refractivity (Wildman–Crippen MR) is 34.9 cm³/mol. The van der Waals surface area contributed by atoms with Crippen molar-refractivity contribution in [3.63, 3.8) is 0 Å². The summed E-state index contributed by atoms with van der Waals surface area (Å²) in [5.74, 6) is -0.162. The van der Waals surface area contributed by atoms with Crippen LogP contribution in [-0.2, 0) is 14.4 Å². The maximum absolute atomic E-state index is 10.5. The van der Waals surface area contributed by atoms with Crippen molar-refractivity contribution >= 4 is 18.4 Å². The van der Waals surface area contributed by atoms with Crippen LogP contribution in [0.5, 0.6) is 0 Å². The van der Waals surface area contributed by atoms with Crippen LogP contribution in [0.4, 0.5) is 0 Å². The zero-order valence-electron chi connectivity index (χ0n) is 5.55. The maximum Gasteiger partial charge on any atom is 0.206 e. The van der Waals surface area contributed by atoms with Gasteiger partial charge in [-0.1, -0.05) is 0 Å². The fourth-order valence-corrected chi connectivity index (χ4v) is 0.527. The number of Topliss-reactive ketones (excluding diaryl/α,β-unsaturated/α-hetero) is 1. The van der Waals surface area contributed by atoms with Crippen molar-refractivity contribution in [1.29, 1.82) is 0 Å². The molecule has 0 fully saturated rings. The van der Waals surface area contributed by atoms with Crippen LogP contribution in [0.3, 0.4) is 0 Å². The average molecular weight is 140 g/mol. The maximum atomic E-state index is 10.5. The minimum Gasteiger partial charge on any atom is -0.299 e. The highest BCUT2D eigenvalue weighted by molar-refractivity contribution is 5.89. The standard InChI is InChI=1S/C7H8O3/c8-5-2-1-3-7(10)4-6-9/h1-4H2. The molecule has 0 aromatic carbocycles. The highest BCUT2D eigenvalue weighted by Crippen LogP contribution is 1.95. The topological polar surface area (TPSA) is 51.2 Å². The normalized spacial score (nSPS) is 8.80. The van der Waals surface area contributed by atoms with Gasteiger partial charge in [0.05, 0.1) is 6.42 Å². The van der Waals surface area contributed by atoms with E-state index in [1.807, 2.05) is 0 Å². The van der Waals surface area contributed by atoms with Crippen molar-refractivity contribution < 1.29 is 14.4 Å². The number of hydrogen-bond donors (Lipinski definition) is 0. The Morgan fingerprint density at radius 3 is 2.40 bits per heavy atom. The summed E-state index contributed by atoms with van der Waals surface area (Å²) in [5, 5.41) is 0. The summed E-state index contributed by atoms with van der Waals surface area (Å²) in [7, 11) is 0. The number of ketones is 1. The molecule has 0 atom stereocenters. The summed E-state index contributed by atoms with van der Waals surface area (Å²) < 4.78 is 0. The van der Waals surface area contributed by atoms with Gasteiger partial charge >= 0.3 is 0 Å². The molecule has 0 spiro atoms. The summed E-state index contributed by atoms with van der Waals surface area (Å²) in [5.41, 5.74) is 0. The third-order valence-electron chi connectivity index (χ3n) is 1.00. The van der Waals surface area contributed by atoms with Crippen molar-refractivity contribution in [2.75, 3.05) is 0 Å². The molecule has 0 aromatic heterocycles. The van der Waals surface area contributed by atoms with E-state index in [4.69, 9.17) is 0 Å². The highest BCUT2D eigenvalue weighted by Gasteiger charge is 1.99. The second-order valence-corrected chi connectivity index (χ2v) is 1.86. The molecule has 0 saturated carbocycles. The summed E-state index contributed by atoms with van der Waals surface area (Å²) >= 11 is 0. The highest BCUT2D eigenvalue weighted by atomic mass is 16.1. The third kappa shape index (κ3) is 5.15. The molecule has 10 heavy (non-hydrogen) atoms. The first-order chi connectivity index (χ1) is 4.81. The predicted octanol–water partition coefficient (Wildman–Crippen LogP) is 0.335. The molecule has 0 rings (SSSR count). The molecule has 0 aliphatic heterocycles. The van der Waals surface area contributed by atoms with Gasteiger partial charge < -0.3 is 0 Å². The number of unbranched alkanes of at least 4 members (excludes halogenated alkanes) is 1. The van der Waals surface area contributed by atoms with E-state index in [-0.39, 0.29) is 25.0 Å². The molecule has 0 bridgehead atoms. The van der Waals surface area contributed by atoms with Crippen molar-refractivity contribution in [3.8, 4) is 0 Å². The molecule has 0 N–H and O–H groups in total. The monoisotopic (exact) mass is 140 g/mol. The summed E-state index contributed by atoms with van der Waals surface area (Å²) in [6, 6.07) is 0. The zero-order chi connectivity index (χ0) is 7.82. The number of rotatable bonds is 6. The van der Waals surface area contributed by atoms with Crippen LogP contribution >= 0.6 is 0 Å². The number of carbonyl (C=O) groups excluding carboxylic acids is 3. The van der Waals surface area contributed by atoms with Crippen LogP contribution < -0.4 is 0 Å². The van der Waals surface area contributed by atoms with Crippen LogP contribution in [0.25, 0.3) is 0 Å². The Hall–Kier alpha value is -0.990. The van der Waals surface area contributed by atoms with Gasteiger partial charge in [0.1, 0.15) is 5.78 Å². The van der Waals surface area contributed by atoms with Crippen LogP contribution in [0.1, 0.15) is 25.7 Å². The third-order valence-corrected chi connectivity index (χ3v) is 1.00. The fourth-order valence-electron chi connectivity index (χ4n) is 0.527. The first-order valence-electron chi connectivity index (χ1n) is 3.03. The van der Waals surface area contributed by atoms with Crippen LogP contribution in [0.2, 0.25) is 0 Å². The Kier molecular flexibility index (Phi) is 5.53. The fraction of sp³-hybridized carbons (Fsp3) is 0.571. The minimum absolute atomic E-state index is 0.154. The van der Waals surface area contributed by atoms with Crippen LogP contribution in [0.15, 0.2) is 0 Å². The van der Waals surface area contributed by atoms with E-state index in [2.05, 4.69) is 0 Å². The van der Waals surface area contributed by atoms with Gasteiger partial charge in [-0.25, -0.2) is 0 Å². The lowest BCUT2D eigenvalue weighted by Crippen LogP contribution is -1.97. The van der Waals surface area contributed by atoms with Gasteiger partial charge in [-0.05, 0) is 6.42 Å². The molecular weight excluding hydrogens is 132 g/mol. The lowest BCUT2D eigenvalue weighted by atomic mass is 10.1. The molecule has 2 radical (unpaired) electrons. The summed E-state index contributed by atoms with van der Waals surface area (Å²) in [6.07, 6.45) is 4.05. The number of carbonyl (C=O) groups is 1. The Morgan fingerprint density at radius 1 is 1.20 bits per heavy atom. The Balaban J connectivity index is 3.20. The van der Waals surface area contributed by atoms with Crippen molar-refractivity contribution in [2.24, 2.45) is 0 Å². The van der Waals surface area contributed by atoms with Crippen LogP contribution in [0, 0.1) is 0 Å². The lowest BCUT2D eigenvalue weighted by Gasteiger charge is -1.89. The van der Waals surface area contributed by atoms with Crippen molar-refractivity contribution in [2.45, 2.75) is 25.7 Å². The smallest absolute Gasteiger partial charge is 0.206 e. The molecule has 3 nitrogen and oxygen atoms in total. The SMILES string of the molecule is O=[C]CCCC(=O)C[C]=O. The molecule has 0 aliphatic rings.